The second-order valence-corrected chi connectivity index (χ2v) is 8.48. The minimum atomic E-state index is -1.23. The lowest BCUT2D eigenvalue weighted by Gasteiger charge is -2.30. The summed E-state index contributed by atoms with van der Waals surface area (Å²) in [5.74, 6) is -3.29. The number of nitrogens with two attached hydrogens (primary N) is 1. The van der Waals surface area contributed by atoms with Crippen LogP contribution in [0, 0.1) is 5.92 Å². The molecule has 7 N–H and O–H groups in total. The molecular formula is C22H32N4O7. The highest BCUT2D eigenvalue weighted by atomic mass is 16.4. The zero-order valence-electron chi connectivity index (χ0n) is 18.7. The summed E-state index contributed by atoms with van der Waals surface area (Å²) in [6.45, 7) is 3.12. The normalized spacial score (nSPS) is 18.5. The topological polar surface area (TPSA) is 182 Å². The van der Waals surface area contributed by atoms with Crippen LogP contribution in [0.25, 0.3) is 0 Å². The summed E-state index contributed by atoms with van der Waals surface area (Å²) in [6.07, 6.45) is 0.939. The maximum absolute atomic E-state index is 13.1. The number of benzene rings is 1. The van der Waals surface area contributed by atoms with Gasteiger partial charge in [0.2, 0.25) is 17.7 Å². The van der Waals surface area contributed by atoms with Gasteiger partial charge in [0.25, 0.3) is 0 Å². The van der Waals surface area contributed by atoms with Crippen molar-refractivity contribution in [2.45, 2.75) is 57.3 Å². The average molecular weight is 465 g/mol. The van der Waals surface area contributed by atoms with Crippen molar-refractivity contribution >= 4 is 23.7 Å². The van der Waals surface area contributed by atoms with Crippen LogP contribution in [0.5, 0.6) is 5.75 Å². The second-order valence-electron chi connectivity index (χ2n) is 8.48. The lowest BCUT2D eigenvalue weighted by molar-refractivity contribution is -0.150. The first-order valence-corrected chi connectivity index (χ1v) is 10.8. The van der Waals surface area contributed by atoms with Crippen molar-refractivity contribution < 1.29 is 34.5 Å². The minimum Gasteiger partial charge on any atom is -0.508 e. The molecule has 0 aliphatic carbocycles. The number of aliphatic carboxylic acids is 1. The fraction of sp³-hybridized carbons (Fsp3) is 0.545. The molecule has 1 saturated heterocycles. The van der Waals surface area contributed by atoms with Crippen molar-refractivity contribution in [1.82, 2.24) is 15.5 Å². The molecule has 11 nitrogen and oxygen atoms in total. The summed E-state index contributed by atoms with van der Waals surface area (Å²) in [5, 5.41) is 33.2. The number of phenolic OH excluding ortho intramolecular Hbond substituents is 1. The third kappa shape index (κ3) is 6.90. The third-order valence-corrected chi connectivity index (χ3v) is 5.59. The number of aliphatic hydroxyl groups excluding tert-OH is 1. The molecule has 1 aromatic rings. The van der Waals surface area contributed by atoms with Crippen LogP contribution >= 0.6 is 0 Å². The molecule has 11 heteroatoms. The molecule has 3 amide bonds. The van der Waals surface area contributed by atoms with Crippen molar-refractivity contribution in [2.24, 2.45) is 11.7 Å². The summed E-state index contributed by atoms with van der Waals surface area (Å²) < 4.78 is 0. The molecule has 4 unspecified atom stereocenters. The molecule has 1 aliphatic rings. The highest BCUT2D eigenvalue weighted by Gasteiger charge is 2.39. The molecule has 2 rings (SSSR count). The number of nitrogens with zero attached hydrogens (tertiary/aromatic N) is 1. The van der Waals surface area contributed by atoms with Gasteiger partial charge >= 0.3 is 5.97 Å². The number of carbonyl (C=O) groups excluding carboxylic acids is 3. The Bertz CT molecular complexity index is 859. The summed E-state index contributed by atoms with van der Waals surface area (Å²) in [5.41, 5.74) is 6.19. The van der Waals surface area contributed by atoms with E-state index in [2.05, 4.69) is 10.6 Å². The largest absolute Gasteiger partial charge is 0.508 e. The van der Waals surface area contributed by atoms with Crippen LogP contribution < -0.4 is 16.4 Å². The molecule has 1 fully saturated rings. The molecule has 0 saturated carbocycles. The van der Waals surface area contributed by atoms with Gasteiger partial charge in [0.15, 0.2) is 0 Å². The number of hydrogen-bond acceptors (Lipinski definition) is 7. The molecule has 182 valence electrons. The van der Waals surface area contributed by atoms with Gasteiger partial charge < -0.3 is 36.6 Å². The molecule has 0 bridgehead atoms. The Kier molecular flexibility index (Phi) is 9.18. The van der Waals surface area contributed by atoms with Crippen LogP contribution in [0.2, 0.25) is 0 Å². The molecular weight excluding hydrogens is 432 g/mol. The number of hydrogen-bond donors (Lipinski definition) is 6. The summed E-state index contributed by atoms with van der Waals surface area (Å²) in [6, 6.07) is 1.75. The smallest absolute Gasteiger partial charge is 0.326 e. The number of rotatable bonds is 10. The Morgan fingerprint density at radius 1 is 1.12 bits per heavy atom. The second kappa shape index (κ2) is 11.6. The van der Waals surface area contributed by atoms with Gasteiger partial charge in [0.05, 0.1) is 6.61 Å². The van der Waals surface area contributed by atoms with Gasteiger partial charge in [0, 0.05) is 13.0 Å². The number of phenols is 1. The number of aliphatic hydroxyl groups is 1. The fourth-order valence-corrected chi connectivity index (χ4v) is 3.67. The maximum Gasteiger partial charge on any atom is 0.326 e. The molecule has 0 spiro atoms. The zero-order valence-corrected chi connectivity index (χ0v) is 18.7. The Labute approximate surface area is 191 Å². The van der Waals surface area contributed by atoms with Crippen molar-refractivity contribution in [1.29, 1.82) is 0 Å². The van der Waals surface area contributed by atoms with Gasteiger partial charge in [0.1, 0.15) is 29.9 Å². The van der Waals surface area contributed by atoms with Crippen LogP contribution in [0.15, 0.2) is 24.3 Å². The highest BCUT2D eigenvalue weighted by molar-refractivity contribution is 5.94. The van der Waals surface area contributed by atoms with E-state index in [1.165, 1.54) is 17.0 Å². The van der Waals surface area contributed by atoms with Gasteiger partial charge in [-0.15, -0.1) is 0 Å². The lowest BCUT2D eigenvalue weighted by atomic mass is 10.00. The zero-order chi connectivity index (χ0) is 24.7. The standard InChI is InChI=1S/C22H32N4O7/c1-12(2)18(21(31)26-9-3-4-17(26)22(32)33)25-20(30)16(24-19(29)15(23)11-27)10-13-5-7-14(28)8-6-13/h5-8,12,15-18,27-28H,3-4,9-11,23H2,1-2H3,(H,24,29)(H,25,30)(H,32,33). The molecule has 4 atom stereocenters. The minimum absolute atomic E-state index is 0.0372. The lowest BCUT2D eigenvalue weighted by Crippen LogP contribution is -2.59. The van der Waals surface area contributed by atoms with Crippen molar-refractivity contribution in [3.63, 3.8) is 0 Å². The Morgan fingerprint density at radius 2 is 1.76 bits per heavy atom. The quantitative estimate of drug-likeness (QED) is 0.254. The Hall–Kier alpha value is -3.18. The predicted octanol–water partition coefficient (Wildman–Crippen LogP) is -1.04. The molecule has 0 aromatic heterocycles. The van der Waals surface area contributed by atoms with Crippen LogP contribution in [0.4, 0.5) is 0 Å². The molecule has 1 heterocycles. The van der Waals surface area contributed by atoms with E-state index < -0.39 is 54.5 Å². The number of carboxylic acids is 1. The van der Waals surface area contributed by atoms with E-state index in [0.717, 1.165) is 0 Å². The first-order chi connectivity index (χ1) is 15.5. The van der Waals surface area contributed by atoms with E-state index in [0.29, 0.717) is 18.4 Å². The number of carbonyl (C=O) groups is 4. The highest BCUT2D eigenvalue weighted by Crippen LogP contribution is 2.20. The number of likely N-dealkylation sites (tertiary alicyclic amines) is 1. The van der Waals surface area contributed by atoms with E-state index in [-0.39, 0.29) is 24.6 Å². The van der Waals surface area contributed by atoms with Gasteiger partial charge in [-0.2, -0.15) is 0 Å². The Balaban J connectivity index is 2.22. The van der Waals surface area contributed by atoms with Crippen LogP contribution in [0.1, 0.15) is 32.3 Å². The number of aromatic hydroxyl groups is 1. The molecule has 0 radical (unpaired) electrons. The summed E-state index contributed by atoms with van der Waals surface area (Å²) >= 11 is 0. The van der Waals surface area contributed by atoms with Crippen molar-refractivity contribution in [3.05, 3.63) is 29.8 Å². The number of carboxylic acid groups (broad SMARTS) is 1. The third-order valence-electron chi connectivity index (χ3n) is 5.59. The molecule has 1 aromatic carbocycles. The Morgan fingerprint density at radius 3 is 2.30 bits per heavy atom. The number of nitrogens with one attached hydrogen (secondary N) is 2. The van der Waals surface area contributed by atoms with E-state index >= 15 is 0 Å². The van der Waals surface area contributed by atoms with Crippen molar-refractivity contribution in [3.8, 4) is 5.75 Å². The van der Waals surface area contributed by atoms with Crippen LogP contribution in [-0.4, -0.2) is 81.2 Å². The summed E-state index contributed by atoms with van der Waals surface area (Å²) in [4.78, 5) is 51.3. The van der Waals surface area contributed by atoms with E-state index in [4.69, 9.17) is 10.8 Å². The van der Waals surface area contributed by atoms with Crippen molar-refractivity contribution in [2.75, 3.05) is 13.2 Å². The predicted molar refractivity (Wildman–Crippen MR) is 118 cm³/mol. The van der Waals surface area contributed by atoms with Gasteiger partial charge in [-0.05, 0) is 36.5 Å². The molecule has 1 aliphatic heterocycles. The van der Waals surface area contributed by atoms with E-state index in [9.17, 15) is 29.4 Å². The monoisotopic (exact) mass is 464 g/mol. The van der Waals surface area contributed by atoms with Crippen LogP contribution in [-0.2, 0) is 25.6 Å². The van der Waals surface area contributed by atoms with E-state index in [1.54, 1.807) is 26.0 Å². The van der Waals surface area contributed by atoms with E-state index in [1.807, 2.05) is 0 Å². The molecule has 33 heavy (non-hydrogen) atoms. The van der Waals surface area contributed by atoms with Gasteiger partial charge in [-0.1, -0.05) is 26.0 Å². The first kappa shape index (κ1) is 26.1. The maximum atomic E-state index is 13.1. The average Bonchev–Trinajstić information content (AvgIpc) is 3.27. The first-order valence-electron chi connectivity index (χ1n) is 10.8. The van der Waals surface area contributed by atoms with Gasteiger partial charge in [-0.25, -0.2) is 4.79 Å². The van der Waals surface area contributed by atoms with Gasteiger partial charge in [-0.3, -0.25) is 14.4 Å². The SMILES string of the molecule is CC(C)C(NC(=O)C(Cc1ccc(O)cc1)NC(=O)C(N)CO)C(=O)N1CCCC1C(=O)O. The fourth-order valence-electron chi connectivity index (χ4n) is 3.67. The summed E-state index contributed by atoms with van der Waals surface area (Å²) in [7, 11) is 0. The number of amides is 3. The van der Waals surface area contributed by atoms with Crippen LogP contribution in [0.3, 0.4) is 0 Å².